The summed E-state index contributed by atoms with van der Waals surface area (Å²) in [4.78, 5) is 24.3. The van der Waals surface area contributed by atoms with Crippen LogP contribution in [-0.4, -0.2) is 32.3 Å². The highest BCUT2D eigenvalue weighted by atomic mass is 16.6. The van der Waals surface area contributed by atoms with Crippen LogP contribution in [0, 0.1) is 0 Å². The van der Waals surface area contributed by atoms with Gasteiger partial charge in [0, 0.05) is 12.2 Å². The molecule has 1 heterocycles. The largest absolute Gasteiger partial charge is 0.465 e. The Morgan fingerprint density at radius 3 is 2.65 bits per heavy atom. The van der Waals surface area contributed by atoms with Crippen molar-refractivity contribution >= 4 is 17.7 Å². The van der Waals surface area contributed by atoms with Gasteiger partial charge in [0.15, 0.2) is 0 Å². The van der Waals surface area contributed by atoms with Crippen molar-refractivity contribution < 1.29 is 19.1 Å². The topological polar surface area (TPSA) is 55.8 Å². The highest BCUT2D eigenvalue weighted by molar-refractivity contribution is 5.92. The maximum Gasteiger partial charge on any atom is 0.414 e. The Balaban J connectivity index is 2.17. The van der Waals surface area contributed by atoms with E-state index in [4.69, 9.17) is 4.74 Å². The van der Waals surface area contributed by atoms with Crippen molar-refractivity contribution in [2.24, 2.45) is 0 Å². The molecule has 1 aliphatic rings. The molecule has 2 rings (SSSR count). The minimum Gasteiger partial charge on any atom is -0.465 e. The molecule has 1 aromatic carbocycles. The fraction of sp³-hybridized carbons (Fsp3) is 0.333. The van der Waals surface area contributed by atoms with E-state index >= 15 is 0 Å². The van der Waals surface area contributed by atoms with Gasteiger partial charge in [0.25, 0.3) is 0 Å². The summed E-state index contributed by atoms with van der Waals surface area (Å²) in [6.45, 7) is 1.10. The number of benzene rings is 1. The highest BCUT2D eigenvalue weighted by Crippen LogP contribution is 2.19. The molecule has 0 aromatic heterocycles. The molecule has 0 radical (unpaired) electrons. The summed E-state index contributed by atoms with van der Waals surface area (Å²) in [7, 11) is 1.33. The molecule has 5 nitrogen and oxygen atoms in total. The van der Waals surface area contributed by atoms with Gasteiger partial charge in [0.05, 0.1) is 19.3 Å². The molecule has 0 N–H and O–H groups in total. The monoisotopic (exact) mass is 235 g/mol. The van der Waals surface area contributed by atoms with E-state index in [2.05, 4.69) is 4.74 Å². The lowest BCUT2D eigenvalue weighted by molar-refractivity contribution is 0.0600. The van der Waals surface area contributed by atoms with Gasteiger partial charge in [-0.1, -0.05) is 0 Å². The van der Waals surface area contributed by atoms with Crippen LogP contribution < -0.4 is 4.90 Å². The molecule has 0 spiro atoms. The minimum atomic E-state index is -0.391. The van der Waals surface area contributed by atoms with Gasteiger partial charge >= 0.3 is 12.1 Å². The van der Waals surface area contributed by atoms with E-state index in [0.29, 0.717) is 18.7 Å². The number of carbonyl (C=O) groups is 2. The number of rotatable bonds is 2. The van der Waals surface area contributed by atoms with Crippen molar-refractivity contribution in [1.29, 1.82) is 0 Å². The standard InChI is InChI=1S/C12H13NO4/c1-16-11(14)9-3-5-10(6-4-9)13-7-2-8-17-12(13)15/h3-6H,2,7-8H2,1H3. The Morgan fingerprint density at radius 1 is 1.35 bits per heavy atom. The molecule has 1 amide bonds. The molecule has 1 aliphatic heterocycles. The normalized spacial score (nSPS) is 15.4. The van der Waals surface area contributed by atoms with Gasteiger partial charge in [-0.15, -0.1) is 0 Å². The summed E-state index contributed by atoms with van der Waals surface area (Å²) < 4.78 is 9.54. The van der Waals surface area contributed by atoms with Crippen LogP contribution in [0.4, 0.5) is 10.5 Å². The molecule has 0 bridgehead atoms. The Hall–Kier alpha value is -2.04. The SMILES string of the molecule is COC(=O)c1ccc(N2CCCOC2=O)cc1. The van der Waals surface area contributed by atoms with Crippen molar-refractivity contribution in [2.45, 2.75) is 6.42 Å². The average molecular weight is 235 g/mol. The molecule has 1 saturated heterocycles. The first-order valence-corrected chi connectivity index (χ1v) is 5.35. The number of methoxy groups -OCH3 is 1. The number of hydrogen-bond acceptors (Lipinski definition) is 4. The van der Waals surface area contributed by atoms with Gasteiger partial charge in [-0.25, -0.2) is 9.59 Å². The van der Waals surface area contributed by atoms with Crippen LogP contribution in [0.15, 0.2) is 24.3 Å². The predicted octanol–water partition coefficient (Wildman–Crippen LogP) is 1.82. The number of esters is 1. The molecule has 17 heavy (non-hydrogen) atoms. The van der Waals surface area contributed by atoms with Crippen molar-refractivity contribution in [2.75, 3.05) is 25.2 Å². The summed E-state index contributed by atoms with van der Waals surface area (Å²) in [5, 5.41) is 0. The third-order valence-electron chi connectivity index (χ3n) is 2.57. The quantitative estimate of drug-likeness (QED) is 0.734. The fourth-order valence-corrected chi connectivity index (χ4v) is 1.68. The number of hydrogen-bond donors (Lipinski definition) is 0. The molecule has 0 saturated carbocycles. The molecule has 0 atom stereocenters. The lowest BCUT2D eigenvalue weighted by atomic mass is 10.2. The number of nitrogens with zero attached hydrogens (tertiary/aromatic N) is 1. The lowest BCUT2D eigenvalue weighted by Crippen LogP contribution is -2.37. The molecule has 90 valence electrons. The van der Waals surface area contributed by atoms with Crippen LogP contribution in [0.5, 0.6) is 0 Å². The first-order chi connectivity index (χ1) is 8.22. The van der Waals surface area contributed by atoms with Crippen molar-refractivity contribution in [3.05, 3.63) is 29.8 Å². The third-order valence-corrected chi connectivity index (χ3v) is 2.57. The lowest BCUT2D eigenvalue weighted by Gasteiger charge is -2.26. The first kappa shape index (κ1) is 11.4. The third kappa shape index (κ3) is 2.38. The summed E-state index contributed by atoms with van der Waals surface area (Å²) in [5.74, 6) is -0.391. The van der Waals surface area contributed by atoms with E-state index in [1.165, 1.54) is 7.11 Å². The van der Waals surface area contributed by atoms with Crippen molar-refractivity contribution in [3.8, 4) is 0 Å². The first-order valence-electron chi connectivity index (χ1n) is 5.35. The Morgan fingerprint density at radius 2 is 2.06 bits per heavy atom. The van der Waals surface area contributed by atoms with E-state index in [1.54, 1.807) is 29.2 Å². The van der Waals surface area contributed by atoms with Gasteiger partial charge in [-0.05, 0) is 30.7 Å². The van der Waals surface area contributed by atoms with Gasteiger partial charge in [-0.2, -0.15) is 0 Å². The number of cyclic esters (lactones) is 1. The second-order valence-corrected chi connectivity index (χ2v) is 3.66. The summed E-state index contributed by atoms with van der Waals surface area (Å²) in [6, 6.07) is 6.67. The smallest absolute Gasteiger partial charge is 0.414 e. The molecule has 5 heteroatoms. The van der Waals surface area contributed by atoms with Gasteiger partial charge < -0.3 is 9.47 Å². The van der Waals surface area contributed by atoms with E-state index < -0.39 is 5.97 Å². The molecule has 0 aliphatic carbocycles. The van der Waals surface area contributed by atoms with Crippen LogP contribution >= 0.6 is 0 Å². The van der Waals surface area contributed by atoms with E-state index in [0.717, 1.165) is 12.1 Å². The van der Waals surface area contributed by atoms with Gasteiger partial charge in [-0.3, -0.25) is 4.90 Å². The average Bonchev–Trinajstić information content (AvgIpc) is 2.39. The molecular formula is C12H13NO4. The predicted molar refractivity (Wildman–Crippen MR) is 61.1 cm³/mol. The second-order valence-electron chi connectivity index (χ2n) is 3.66. The number of amides is 1. The van der Waals surface area contributed by atoms with Crippen LogP contribution in [0.25, 0.3) is 0 Å². The molecular weight excluding hydrogens is 222 g/mol. The zero-order chi connectivity index (χ0) is 12.3. The Labute approximate surface area is 98.9 Å². The van der Waals surface area contributed by atoms with Crippen LogP contribution in [0.2, 0.25) is 0 Å². The van der Waals surface area contributed by atoms with E-state index in [9.17, 15) is 9.59 Å². The fourth-order valence-electron chi connectivity index (χ4n) is 1.68. The van der Waals surface area contributed by atoms with Crippen molar-refractivity contribution in [1.82, 2.24) is 0 Å². The number of anilines is 1. The molecule has 1 fully saturated rings. The highest BCUT2D eigenvalue weighted by Gasteiger charge is 2.21. The Bertz CT molecular complexity index is 427. The minimum absolute atomic E-state index is 0.345. The number of ether oxygens (including phenoxy) is 2. The summed E-state index contributed by atoms with van der Waals surface area (Å²) in [6.07, 6.45) is 0.465. The van der Waals surface area contributed by atoms with Gasteiger partial charge in [0.1, 0.15) is 0 Å². The zero-order valence-corrected chi connectivity index (χ0v) is 9.51. The maximum atomic E-state index is 11.5. The van der Waals surface area contributed by atoms with Crippen LogP contribution in [0.1, 0.15) is 16.8 Å². The van der Waals surface area contributed by atoms with Crippen molar-refractivity contribution in [3.63, 3.8) is 0 Å². The van der Waals surface area contributed by atoms with Crippen LogP contribution in [0.3, 0.4) is 0 Å². The Kier molecular flexibility index (Phi) is 3.27. The summed E-state index contributed by atoms with van der Waals surface area (Å²) in [5.41, 5.74) is 1.18. The maximum absolute atomic E-state index is 11.5. The number of carbonyl (C=O) groups excluding carboxylic acids is 2. The van der Waals surface area contributed by atoms with E-state index in [-0.39, 0.29) is 6.09 Å². The zero-order valence-electron chi connectivity index (χ0n) is 9.51. The molecule has 0 unspecified atom stereocenters. The van der Waals surface area contributed by atoms with Crippen LogP contribution in [-0.2, 0) is 9.47 Å². The molecule has 1 aromatic rings. The second kappa shape index (κ2) is 4.86. The van der Waals surface area contributed by atoms with Gasteiger partial charge in [0.2, 0.25) is 0 Å². The van der Waals surface area contributed by atoms with E-state index in [1.807, 2.05) is 0 Å². The summed E-state index contributed by atoms with van der Waals surface area (Å²) >= 11 is 0.